The van der Waals surface area contributed by atoms with E-state index in [9.17, 15) is 13.2 Å². The number of nitrogens with one attached hydrogen (secondary N) is 1. The summed E-state index contributed by atoms with van der Waals surface area (Å²) in [4.78, 5) is 17.5. The lowest BCUT2D eigenvalue weighted by Crippen LogP contribution is -2.45. The summed E-state index contributed by atoms with van der Waals surface area (Å²) in [6, 6.07) is 13.3. The van der Waals surface area contributed by atoms with Crippen molar-refractivity contribution in [2.75, 3.05) is 51.7 Å². The minimum Gasteiger partial charge on any atom is -0.492 e. The van der Waals surface area contributed by atoms with E-state index in [-0.39, 0.29) is 11.1 Å². The van der Waals surface area contributed by atoms with Gasteiger partial charge < -0.3 is 15.0 Å². The zero-order valence-electron chi connectivity index (χ0n) is 23.8. The van der Waals surface area contributed by atoms with Crippen molar-refractivity contribution < 1.29 is 17.9 Å². The van der Waals surface area contributed by atoms with E-state index < -0.39 is 11.7 Å². The molecule has 0 aliphatic carbocycles. The molecule has 2 aromatic heterocycles. The first-order chi connectivity index (χ1) is 19.5. The van der Waals surface area contributed by atoms with E-state index >= 15 is 0 Å². The maximum absolute atomic E-state index is 13.6. The Morgan fingerprint density at radius 2 is 1.68 bits per heavy atom. The van der Waals surface area contributed by atoms with Gasteiger partial charge in [0, 0.05) is 61.6 Å². The number of hydrogen-bond acceptors (Lipinski definition) is 7. The topological polar surface area (TPSA) is 66.4 Å². The summed E-state index contributed by atoms with van der Waals surface area (Å²) < 4.78 is 47.1. The largest absolute Gasteiger partial charge is 0.492 e. The van der Waals surface area contributed by atoms with E-state index in [1.807, 2.05) is 12.1 Å². The fourth-order valence-corrected chi connectivity index (χ4v) is 5.00. The summed E-state index contributed by atoms with van der Waals surface area (Å²) in [5.74, 6) is 1.36. The molecular formula is C31H35F3N6O. The first-order valence-corrected chi connectivity index (χ1v) is 13.7. The molecule has 4 aromatic rings. The molecule has 1 aliphatic heterocycles. The quantitative estimate of drug-likeness (QED) is 0.280. The van der Waals surface area contributed by atoms with Gasteiger partial charge in [0.1, 0.15) is 24.5 Å². The molecule has 0 saturated carbocycles. The number of benzene rings is 2. The summed E-state index contributed by atoms with van der Waals surface area (Å²) in [7, 11) is 2.14. The number of nitrogens with zero attached hydrogens (tertiary/aromatic N) is 5. The third-order valence-electron chi connectivity index (χ3n) is 7.34. The van der Waals surface area contributed by atoms with Crippen LogP contribution < -0.4 is 10.1 Å². The predicted octanol–water partition coefficient (Wildman–Crippen LogP) is 6.38. The van der Waals surface area contributed by atoms with Crippen molar-refractivity contribution in [1.29, 1.82) is 0 Å². The van der Waals surface area contributed by atoms with Crippen LogP contribution in [0, 0.1) is 0 Å². The fourth-order valence-electron chi connectivity index (χ4n) is 5.00. The number of fused-ring (bicyclic) bond motifs is 1. The zero-order valence-corrected chi connectivity index (χ0v) is 23.8. The van der Waals surface area contributed by atoms with Gasteiger partial charge in [-0.05, 0) is 48.4 Å². The minimum absolute atomic E-state index is 0.111. The number of halogens is 3. The molecule has 3 heterocycles. The molecule has 41 heavy (non-hydrogen) atoms. The standard InChI is InChI=1S/C31H35F3N6O/c1-30(2,3)24-10-8-22(19-27(24)41-17-16-40-14-12-39(4)13-15-40)38-29-23-9-7-21(18-26(23)36-20-37-29)28-25(31(32,33)34)6-5-11-35-28/h5-11,18-20H,12-17H2,1-4H3,(H,36,37,38). The summed E-state index contributed by atoms with van der Waals surface area (Å²) in [5, 5.41) is 4.04. The minimum atomic E-state index is -4.51. The van der Waals surface area contributed by atoms with Crippen LogP contribution in [0.2, 0.25) is 0 Å². The van der Waals surface area contributed by atoms with Crippen LogP contribution in [-0.4, -0.2) is 71.1 Å². The van der Waals surface area contributed by atoms with Crippen molar-refractivity contribution in [3.63, 3.8) is 0 Å². The van der Waals surface area contributed by atoms with E-state index in [4.69, 9.17) is 4.74 Å². The van der Waals surface area contributed by atoms with Crippen molar-refractivity contribution in [1.82, 2.24) is 24.8 Å². The molecule has 216 valence electrons. The number of likely N-dealkylation sites (N-methyl/N-ethyl adjacent to an activating group) is 1. The third kappa shape index (κ3) is 6.77. The highest BCUT2D eigenvalue weighted by atomic mass is 19.4. The average molecular weight is 565 g/mol. The maximum Gasteiger partial charge on any atom is 0.418 e. The number of hydrogen-bond donors (Lipinski definition) is 1. The van der Waals surface area contributed by atoms with Crippen LogP contribution in [0.3, 0.4) is 0 Å². The number of ether oxygens (including phenoxy) is 1. The van der Waals surface area contributed by atoms with Gasteiger partial charge >= 0.3 is 6.18 Å². The first-order valence-electron chi connectivity index (χ1n) is 13.7. The second kappa shape index (κ2) is 11.6. The molecule has 10 heteroatoms. The van der Waals surface area contributed by atoms with Gasteiger partial charge in [-0.2, -0.15) is 13.2 Å². The molecule has 0 bridgehead atoms. The second-order valence-electron chi connectivity index (χ2n) is 11.4. The summed E-state index contributed by atoms with van der Waals surface area (Å²) >= 11 is 0. The number of aromatic nitrogens is 3. The Morgan fingerprint density at radius 3 is 2.41 bits per heavy atom. The molecule has 1 fully saturated rings. The van der Waals surface area contributed by atoms with Crippen LogP contribution in [-0.2, 0) is 11.6 Å². The van der Waals surface area contributed by atoms with Gasteiger partial charge in [0.05, 0.1) is 16.8 Å². The van der Waals surface area contributed by atoms with E-state index in [0.717, 1.165) is 55.8 Å². The van der Waals surface area contributed by atoms with Gasteiger partial charge in [-0.25, -0.2) is 9.97 Å². The first kappa shape index (κ1) is 28.8. The van der Waals surface area contributed by atoms with Crippen molar-refractivity contribution in [2.24, 2.45) is 0 Å². The van der Waals surface area contributed by atoms with E-state index in [1.54, 1.807) is 18.2 Å². The monoisotopic (exact) mass is 564 g/mol. The average Bonchev–Trinajstić information content (AvgIpc) is 2.93. The van der Waals surface area contributed by atoms with Crippen LogP contribution in [0.1, 0.15) is 31.9 Å². The smallest absolute Gasteiger partial charge is 0.418 e. The molecule has 0 spiro atoms. The Labute approximate surface area is 238 Å². The fraction of sp³-hybridized carbons (Fsp3) is 0.387. The van der Waals surface area contributed by atoms with Crippen LogP contribution in [0.5, 0.6) is 5.75 Å². The molecule has 7 nitrogen and oxygen atoms in total. The summed E-state index contributed by atoms with van der Waals surface area (Å²) in [6.07, 6.45) is -1.76. The molecule has 0 amide bonds. The Hall–Kier alpha value is -3.76. The van der Waals surface area contributed by atoms with Crippen molar-refractivity contribution in [3.05, 3.63) is 72.2 Å². The van der Waals surface area contributed by atoms with Crippen LogP contribution in [0.25, 0.3) is 22.2 Å². The Kier molecular flexibility index (Phi) is 8.15. The van der Waals surface area contributed by atoms with E-state index in [0.29, 0.717) is 28.9 Å². The molecule has 0 radical (unpaired) electrons. The Bertz CT molecular complexity index is 1510. The van der Waals surface area contributed by atoms with E-state index in [1.165, 1.54) is 18.6 Å². The van der Waals surface area contributed by atoms with Crippen molar-refractivity contribution in [3.8, 4) is 17.0 Å². The van der Waals surface area contributed by atoms with Crippen molar-refractivity contribution in [2.45, 2.75) is 32.4 Å². The summed E-state index contributed by atoms with van der Waals surface area (Å²) in [6.45, 7) is 12.1. The number of alkyl halides is 3. The van der Waals surface area contributed by atoms with Gasteiger partial charge in [-0.1, -0.05) is 32.9 Å². The molecule has 5 rings (SSSR count). The SMILES string of the molecule is CN1CCN(CCOc2cc(Nc3ncnc4cc(-c5ncccc5C(F)(F)F)ccc34)ccc2C(C)(C)C)CC1. The lowest BCUT2D eigenvalue weighted by atomic mass is 9.86. The van der Waals surface area contributed by atoms with E-state index in [2.05, 4.69) is 64.0 Å². The normalized spacial score (nSPS) is 15.3. The van der Waals surface area contributed by atoms with Crippen molar-refractivity contribution >= 4 is 22.4 Å². The maximum atomic E-state index is 13.6. The lowest BCUT2D eigenvalue weighted by molar-refractivity contribution is -0.137. The van der Waals surface area contributed by atoms with Gasteiger partial charge in [0.25, 0.3) is 0 Å². The molecular weight excluding hydrogens is 529 g/mol. The highest BCUT2D eigenvalue weighted by Gasteiger charge is 2.34. The van der Waals surface area contributed by atoms with Gasteiger partial charge in [0.2, 0.25) is 0 Å². The summed E-state index contributed by atoms with van der Waals surface area (Å²) in [5.41, 5.74) is 1.71. The molecule has 2 aromatic carbocycles. The molecule has 1 aliphatic rings. The van der Waals surface area contributed by atoms with Crippen LogP contribution in [0.4, 0.5) is 24.7 Å². The number of pyridine rings is 1. The van der Waals surface area contributed by atoms with Gasteiger partial charge in [-0.3, -0.25) is 9.88 Å². The van der Waals surface area contributed by atoms with Gasteiger partial charge in [0.15, 0.2) is 0 Å². The third-order valence-corrected chi connectivity index (χ3v) is 7.34. The van der Waals surface area contributed by atoms with Crippen LogP contribution >= 0.6 is 0 Å². The molecule has 1 N–H and O–H groups in total. The highest BCUT2D eigenvalue weighted by Crippen LogP contribution is 2.38. The number of anilines is 2. The number of piperazine rings is 1. The van der Waals surface area contributed by atoms with Gasteiger partial charge in [-0.15, -0.1) is 0 Å². The number of rotatable bonds is 7. The molecule has 0 unspecified atom stereocenters. The predicted molar refractivity (Wildman–Crippen MR) is 156 cm³/mol. The second-order valence-corrected chi connectivity index (χ2v) is 11.4. The zero-order chi connectivity index (χ0) is 29.2. The lowest BCUT2D eigenvalue weighted by Gasteiger charge is -2.32. The van der Waals surface area contributed by atoms with Crippen LogP contribution in [0.15, 0.2) is 61.1 Å². The highest BCUT2D eigenvalue weighted by molar-refractivity contribution is 5.93. The Morgan fingerprint density at radius 1 is 0.902 bits per heavy atom. The molecule has 1 saturated heterocycles. The Balaban J connectivity index is 1.39. The molecule has 0 atom stereocenters.